The number of nitrogens with zero attached hydrogens (tertiary/aromatic N) is 3. The Bertz CT molecular complexity index is 1300. The highest BCUT2D eigenvalue weighted by atomic mass is 16.6. The Morgan fingerprint density at radius 3 is 2.29 bits per heavy atom. The topological polar surface area (TPSA) is 119 Å². The molecule has 1 aliphatic heterocycles. The van der Waals surface area contributed by atoms with Crippen LogP contribution in [0.1, 0.15) is 48.3 Å². The molecule has 2 aromatic carbocycles. The Balaban J connectivity index is 2.07. The second-order valence-corrected chi connectivity index (χ2v) is 8.17. The number of benzene rings is 2. The molecule has 0 saturated heterocycles. The first-order chi connectivity index (χ1) is 16.9. The van der Waals surface area contributed by atoms with Gasteiger partial charge in [-0.1, -0.05) is 60.7 Å². The van der Waals surface area contributed by atoms with Gasteiger partial charge in [0.1, 0.15) is 23.0 Å². The van der Waals surface area contributed by atoms with Crippen molar-refractivity contribution in [2.24, 2.45) is 5.73 Å². The highest BCUT2D eigenvalue weighted by Gasteiger charge is 2.57. The van der Waals surface area contributed by atoms with Crippen molar-refractivity contribution in [2.45, 2.75) is 32.4 Å². The van der Waals surface area contributed by atoms with Gasteiger partial charge in [0.25, 0.3) is 0 Å². The van der Waals surface area contributed by atoms with Crippen molar-refractivity contribution in [1.29, 1.82) is 5.26 Å². The first-order valence-electron chi connectivity index (χ1n) is 11.4. The van der Waals surface area contributed by atoms with Crippen molar-refractivity contribution in [3.8, 4) is 23.1 Å². The lowest BCUT2D eigenvalue weighted by Gasteiger charge is -2.35. The van der Waals surface area contributed by atoms with Gasteiger partial charge in [0, 0.05) is 16.7 Å². The molecule has 0 radical (unpaired) electrons. The highest BCUT2D eigenvalue weighted by Crippen LogP contribution is 2.52. The lowest BCUT2D eigenvalue weighted by molar-refractivity contribution is 0.0862. The van der Waals surface area contributed by atoms with E-state index >= 15 is 0 Å². The van der Waals surface area contributed by atoms with Gasteiger partial charge in [0.15, 0.2) is 5.78 Å². The zero-order valence-corrected chi connectivity index (χ0v) is 19.8. The third kappa shape index (κ3) is 3.80. The summed E-state index contributed by atoms with van der Waals surface area (Å²) in [5, 5.41) is 10.1. The number of carbonyl (C=O) groups is 2. The van der Waals surface area contributed by atoms with Crippen LogP contribution in [0, 0.1) is 11.3 Å². The van der Waals surface area contributed by atoms with Crippen molar-refractivity contribution in [1.82, 2.24) is 4.98 Å². The third-order valence-electron chi connectivity index (χ3n) is 6.18. The summed E-state index contributed by atoms with van der Waals surface area (Å²) in [6.07, 6.45) is -0.757. The van der Waals surface area contributed by atoms with Gasteiger partial charge in [-0.15, -0.1) is 0 Å². The van der Waals surface area contributed by atoms with Crippen LogP contribution in [0.2, 0.25) is 0 Å². The molecule has 2 atom stereocenters. The molecule has 4 rings (SSSR count). The summed E-state index contributed by atoms with van der Waals surface area (Å²) in [6, 6.07) is 19.0. The molecule has 35 heavy (non-hydrogen) atoms. The third-order valence-corrected chi connectivity index (χ3v) is 6.18. The average Bonchev–Trinajstić information content (AvgIpc) is 3.11. The number of nitriles is 1. The molecule has 0 fully saturated rings. The predicted molar refractivity (Wildman–Crippen MR) is 131 cm³/mol. The number of hydrogen-bond donors (Lipinski definition) is 1. The van der Waals surface area contributed by atoms with E-state index in [0.29, 0.717) is 22.3 Å². The smallest absolute Gasteiger partial charge is 0.416 e. The van der Waals surface area contributed by atoms with Gasteiger partial charge in [-0.3, -0.25) is 4.79 Å². The van der Waals surface area contributed by atoms with E-state index in [4.69, 9.17) is 15.2 Å². The molecule has 1 aliphatic rings. The molecule has 2 N–H and O–H groups in total. The van der Waals surface area contributed by atoms with E-state index in [1.54, 1.807) is 51.1 Å². The van der Waals surface area contributed by atoms with Crippen molar-refractivity contribution in [3.05, 3.63) is 77.4 Å². The van der Waals surface area contributed by atoms with Crippen LogP contribution < -0.4 is 15.4 Å². The molecule has 0 aliphatic carbocycles. The first kappa shape index (κ1) is 23.9. The number of rotatable bonds is 6. The van der Waals surface area contributed by atoms with Crippen molar-refractivity contribution in [2.75, 3.05) is 18.1 Å². The number of ketones is 1. The maximum absolute atomic E-state index is 13.9. The van der Waals surface area contributed by atoms with Crippen molar-refractivity contribution >= 4 is 17.7 Å². The second-order valence-electron chi connectivity index (χ2n) is 8.17. The Kier molecular flexibility index (Phi) is 6.54. The lowest BCUT2D eigenvalue weighted by atomic mass is 9.81. The number of aromatic nitrogens is 1. The number of fused-ring (bicyclic) bond motifs is 1. The van der Waals surface area contributed by atoms with E-state index < -0.39 is 17.7 Å². The number of pyridine rings is 1. The van der Waals surface area contributed by atoms with Gasteiger partial charge < -0.3 is 15.2 Å². The number of anilines is 1. The molecule has 0 saturated carbocycles. The van der Waals surface area contributed by atoms with Gasteiger partial charge in [-0.2, -0.15) is 10.2 Å². The molecule has 0 spiro atoms. The fourth-order valence-electron chi connectivity index (χ4n) is 4.51. The SMILES string of the molecule is CCOC(=O)N1c2nc(OCC)c(C#N)c(-c3ccccc3)c2C(N)C1(C)C(=O)c1ccccc1. The lowest BCUT2D eigenvalue weighted by Crippen LogP contribution is -2.57. The molecule has 1 amide bonds. The number of nitrogens with two attached hydrogens (primary N) is 1. The molecule has 3 aromatic rings. The van der Waals surface area contributed by atoms with E-state index in [0.717, 1.165) is 0 Å². The maximum Gasteiger partial charge on any atom is 0.416 e. The first-order valence-corrected chi connectivity index (χ1v) is 11.4. The molecular formula is C27H26N4O4. The normalized spacial score (nSPS) is 18.5. The summed E-state index contributed by atoms with van der Waals surface area (Å²) in [6.45, 7) is 5.40. The zero-order valence-electron chi connectivity index (χ0n) is 19.8. The molecule has 1 aromatic heterocycles. The summed E-state index contributed by atoms with van der Waals surface area (Å²) in [4.78, 5) is 33.0. The zero-order chi connectivity index (χ0) is 25.2. The quantitative estimate of drug-likeness (QED) is 0.521. The van der Waals surface area contributed by atoms with Crippen LogP contribution in [0.5, 0.6) is 5.88 Å². The largest absolute Gasteiger partial charge is 0.477 e. The minimum absolute atomic E-state index is 0.0607. The fourth-order valence-corrected chi connectivity index (χ4v) is 4.51. The second kappa shape index (κ2) is 9.57. The Labute approximate surface area is 203 Å². The monoisotopic (exact) mass is 470 g/mol. The number of hydrogen-bond acceptors (Lipinski definition) is 7. The summed E-state index contributed by atoms with van der Waals surface area (Å²) >= 11 is 0. The van der Waals surface area contributed by atoms with Crippen molar-refractivity contribution in [3.63, 3.8) is 0 Å². The van der Waals surface area contributed by atoms with E-state index in [9.17, 15) is 14.9 Å². The van der Waals surface area contributed by atoms with Crippen LogP contribution >= 0.6 is 0 Å². The van der Waals surface area contributed by atoms with Crippen LogP contribution in [0.4, 0.5) is 10.6 Å². The molecule has 8 heteroatoms. The van der Waals surface area contributed by atoms with Crippen LogP contribution in [0.15, 0.2) is 60.7 Å². The van der Waals surface area contributed by atoms with E-state index in [2.05, 4.69) is 11.1 Å². The molecular weight excluding hydrogens is 444 g/mol. The predicted octanol–water partition coefficient (Wildman–Crippen LogP) is 4.64. The van der Waals surface area contributed by atoms with Crippen molar-refractivity contribution < 1.29 is 19.1 Å². The van der Waals surface area contributed by atoms with Gasteiger partial charge in [-0.05, 0) is 26.3 Å². The maximum atomic E-state index is 13.9. The fraction of sp³-hybridized carbons (Fsp3) is 0.259. The van der Waals surface area contributed by atoms with E-state index in [-0.39, 0.29) is 36.3 Å². The van der Waals surface area contributed by atoms with Crippen LogP contribution in [0.3, 0.4) is 0 Å². The average molecular weight is 471 g/mol. The van der Waals surface area contributed by atoms with Gasteiger partial charge in [-0.25, -0.2) is 9.69 Å². The van der Waals surface area contributed by atoms with Crippen LogP contribution in [0.25, 0.3) is 11.1 Å². The summed E-state index contributed by atoms with van der Waals surface area (Å²) < 4.78 is 11.1. The number of amides is 1. The molecule has 8 nitrogen and oxygen atoms in total. The number of ether oxygens (including phenoxy) is 2. The minimum atomic E-state index is -1.57. The van der Waals surface area contributed by atoms with E-state index in [1.807, 2.05) is 30.3 Å². The molecule has 0 bridgehead atoms. The molecule has 2 unspecified atom stereocenters. The standard InChI is InChI=1S/C27H26N4O4/c1-4-34-25-19(16-28)20(17-12-8-6-9-13-17)21-22(29)27(3,23(32)18-14-10-7-11-15-18)31(24(21)30-25)26(33)35-5-2/h6-15,22H,4-5,29H2,1-3H3. The minimum Gasteiger partial charge on any atom is -0.477 e. The van der Waals surface area contributed by atoms with Gasteiger partial charge in [0.2, 0.25) is 5.88 Å². The summed E-state index contributed by atoms with van der Waals surface area (Å²) in [7, 11) is 0. The number of carbonyl (C=O) groups excluding carboxylic acids is 2. The number of Topliss-reactive ketones (excluding diaryl/α,β-unsaturated/α-hetero) is 1. The van der Waals surface area contributed by atoms with E-state index in [1.165, 1.54) is 4.90 Å². The van der Waals surface area contributed by atoms with Crippen LogP contribution in [-0.2, 0) is 4.74 Å². The summed E-state index contributed by atoms with van der Waals surface area (Å²) in [5.41, 5.74) is 7.41. The molecule has 2 heterocycles. The van der Waals surface area contributed by atoms with Gasteiger partial charge in [0.05, 0.1) is 19.3 Å². The van der Waals surface area contributed by atoms with Gasteiger partial charge >= 0.3 is 6.09 Å². The van der Waals surface area contributed by atoms with Crippen LogP contribution in [-0.4, -0.2) is 35.6 Å². The Hall–Kier alpha value is -4.22. The summed E-state index contributed by atoms with van der Waals surface area (Å²) in [5.74, 6) is -0.165. The highest BCUT2D eigenvalue weighted by molar-refractivity contribution is 6.13. The molecule has 178 valence electrons. The Morgan fingerprint density at radius 1 is 1.09 bits per heavy atom. The Morgan fingerprint density at radius 2 is 1.71 bits per heavy atom.